The van der Waals surface area contributed by atoms with Crippen molar-refractivity contribution in [2.24, 2.45) is 5.92 Å². The fourth-order valence-electron chi connectivity index (χ4n) is 4.06. The predicted molar refractivity (Wildman–Crippen MR) is 132 cm³/mol. The average Bonchev–Trinajstić information content (AvgIpc) is 2.74. The maximum Gasteiger partial charge on any atom is 0.241 e. The van der Waals surface area contributed by atoms with Gasteiger partial charge >= 0.3 is 0 Å². The molecule has 1 atom stereocenters. The molecule has 0 aromatic heterocycles. The lowest BCUT2D eigenvalue weighted by atomic mass is 9.99. The molecule has 0 spiro atoms. The summed E-state index contributed by atoms with van der Waals surface area (Å²) >= 11 is 0. The van der Waals surface area contributed by atoms with E-state index in [0.717, 1.165) is 30.8 Å². The Bertz CT molecular complexity index is 1020. The van der Waals surface area contributed by atoms with E-state index in [1.807, 2.05) is 32.0 Å². The summed E-state index contributed by atoms with van der Waals surface area (Å²) in [7, 11) is -3.82. The van der Waals surface area contributed by atoms with Crippen molar-refractivity contribution in [2.45, 2.75) is 52.8 Å². The van der Waals surface area contributed by atoms with Crippen LogP contribution in [0, 0.1) is 5.92 Å². The van der Waals surface area contributed by atoms with Crippen molar-refractivity contribution in [2.75, 3.05) is 23.6 Å². The minimum absolute atomic E-state index is 0.0322. The molecule has 1 unspecified atom stereocenters. The van der Waals surface area contributed by atoms with Crippen LogP contribution in [0.5, 0.6) is 5.75 Å². The Kier molecular flexibility index (Phi) is 8.74. The molecule has 1 heterocycles. The fourth-order valence-corrected chi connectivity index (χ4v) is 5.08. The third-order valence-electron chi connectivity index (χ3n) is 5.55. The highest BCUT2D eigenvalue weighted by atomic mass is 32.2. The number of ether oxygens (including phenoxy) is 1. The summed E-state index contributed by atoms with van der Waals surface area (Å²) in [5.74, 6) is 0.178. The Balaban J connectivity index is 1.52. The SMILES string of the molecule is CC1CCCN(Cc2ccccc2CNC(=O)CS(=O)(=O)Nc2ccc(OC(C)C)cc2)C1. The van der Waals surface area contributed by atoms with Crippen LogP contribution in [0.25, 0.3) is 0 Å². The maximum absolute atomic E-state index is 12.4. The van der Waals surface area contributed by atoms with Gasteiger partial charge in [-0.3, -0.25) is 14.4 Å². The van der Waals surface area contributed by atoms with Crippen LogP contribution in [0.2, 0.25) is 0 Å². The van der Waals surface area contributed by atoms with Crippen molar-refractivity contribution in [3.63, 3.8) is 0 Å². The van der Waals surface area contributed by atoms with Crippen LogP contribution in [0.15, 0.2) is 48.5 Å². The summed E-state index contributed by atoms with van der Waals surface area (Å²) in [5, 5.41) is 2.76. The number of amides is 1. The van der Waals surface area contributed by atoms with E-state index in [2.05, 4.69) is 27.9 Å². The average molecular weight is 474 g/mol. The first-order valence-electron chi connectivity index (χ1n) is 11.5. The first kappa shape index (κ1) is 25.1. The number of likely N-dealkylation sites (tertiary alicyclic amines) is 1. The minimum Gasteiger partial charge on any atom is -0.491 e. The van der Waals surface area contributed by atoms with Crippen molar-refractivity contribution in [1.82, 2.24) is 10.2 Å². The van der Waals surface area contributed by atoms with Crippen molar-refractivity contribution in [3.05, 3.63) is 59.7 Å². The van der Waals surface area contributed by atoms with Crippen molar-refractivity contribution >= 4 is 21.6 Å². The zero-order valence-corrected chi connectivity index (χ0v) is 20.5. The molecule has 2 aromatic rings. The fraction of sp³-hybridized carbons (Fsp3) is 0.480. The summed E-state index contributed by atoms with van der Waals surface area (Å²) in [6.07, 6.45) is 2.51. The molecule has 0 saturated carbocycles. The van der Waals surface area contributed by atoms with Gasteiger partial charge in [-0.05, 0) is 74.5 Å². The Hall–Kier alpha value is -2.58. The van der Waals surface area contributed by atoms with Crippen molar-refractivity contribution < 1.29 is 17.9 Å². The van der Waals surface area contributed by atoms with E-state index < -0.39 is 21.7 Å². The van der Waals surface area contributed by atoms with Crippen molar-refractivity contribution in [1.29, 1.82) is 0 Å². The molecule has 1 saturated heterocycles. The summed E-state index contributed by atoms with van der Waals surface area (Å²) in [6.45, 7) is 9.42. The van der Waals surface area contributed by atoms with Gasteiger partial charge in [0.15, 0.2) is 0 Å². The third kappa shape index (κ3) is 8.37. The molecule has 0 aliphatic carbocycles. The standard InChI is InChI=1S/C25H35N3O4S/c1-19(2)32-24-12-10-23(11-13-24)27-33(30,31)18-25(29)26-15-21-8-4-5-9-22(21)17-28-14-6-7-20(3)16-28/h4-5,8-13,19-20,27H,6-7,14-18H2,1-3H3,(H,26,29). The second-order valence-electron chi connectivity index (χ2n) is 9.08. The first-order chi connectivity index (χ1) is 15.7. The maximum atomic E-state index is 12.4. The summed E-state index contributed by atoms with van der Waals surface area (Å²) < 4.78 is 32.9. The van der Waals surface area contributed by atoms with Crippen molar-refractivity contribution in [3.8, 4) is 5.75 Å². The van der Waals surface area contributed by atoms with Gasteiger partial charge in [0.25, 0.3) is 0 Å². The lowest BCUT2D eigenvalue weighted by Gasteiger charge is -2.31. The van der Waals surface area contributed by atoms with E-state index >= 15 is 0 Å². The van der Waals surface area contributed by atoms with Crippen LogP contribution in [-0.4, -0.2) is 44.2 Å². The molecule has 8 heteroatoms. The number of benzene rings is 2. The molecule has 2 N–H and O–H groups in total. The third-order valence-corrected chi connectivity index (χ3v) is 6.74. The smallest absolute Gasteiger partial charge is 0.241 e. The van der Waals surface area contributed by atoms with Gasteiger partial charge in [-0.25, -0.2) is 8.42 Å². The van der Waals surface area contributed by atoms with E-state index in [-0.39, 0.29) is 6.10 Å². The molecule has 180 valence electrons. The number of hydrogen-bond acceptors (Lipinski definition) is 5. The van der Waals surface area contributed by atoms with Crippen LogP contribution in [0.3, 0.4) is 0 Å². The van der Waals surface area contributed by atoms with Gasteiger partial charge in [0, 0.05) is 25.3 Å². The molecular formula is C25H35N3O4S. The summed E-state index contributed by atoms with van der Waals surface area (Å²) in [4.78, 5) is 14.8. The lowest BCUT2D eigenvalue weighted by molar-refractivity contribution is -0.118. The number of nitrogens with one attached hydrogen (secondary N) is 2. The number of hydrogen-bond donors (Lipinski definition) is 2. The molecule has 2 aromatic carbocycles. The zero-order chi connectivity index (χ0) is 23.8. The quantitative estimate of drug-likeness (QED) is 0.549. The van der Waals surface area contributed by atoms with Gasteiger partial charge in [0.1, 0.15) is 11.5 Å². The lowest BCUT2D eigenvalue weighted by Crippen LogP contribution is -2.35. The highest BCUT2D eigenvalue weighted by molar-refractivity contribution is 7.93. The van der Waals surface area contributed by atoms with Gasteiger partial charge in [-0.2, -0.15) is 0 Å². The van der Waals surface area contributed by atoms with Crippen LogP contribution < -0.4 is 14.8 Å². The molecule has 0 bridgehead atoms. The van der Waals surface area contributed by atoms with Gasteiger partial charge in [-0.15, -0.1) is 0 Å². The van der Waals surface area contributed by atoms with E-state index in [1.165, 1.54) is 12.8 Å². The molecule has 1 amide bonds. The number of rotatable bonds is 10. The Morgan fingerprint density at radius 3 is 2.48 bits per heavy atom. The molecule has 1 aliphatic heterocycles. The van der Waals surface area contributed by atoms with E-state index in [1.54, 1.807) is 24.3 Å². The summed E-state index contributed by atoms with van der Waals surface area (Å²) in [6, 6.07) is 14.6. The Morgan fingerprint density at radius 1 is 1.12 bits per heavy atom. The van der Waals surface area contributed by atoms with Gasteiger partial charge < -0.3 is 10.1 Å². The molecule has 0 radical (unpaired) electrons. The molecule has 3 rings (SSSR count). The predicted octanol–water partition coefficient (Wildman–Crippen LogP) is 3.76. The number of carbonyl (C=O) groups is 1. The van der Waals surface area contributed by atoms with Crippen LogP contribution in [-0.2, 0) is 27.9 Å². The Morgan fingerprint density at radius 2 is 1.82 bits per heavy atom. The largest absolute Gasteiger partial charge is 0.491 e. The molecule has 1 aliphatic rings. The normalized spacial score (nSPS) is 17.0. The van der Waals surface area contributed by atoms with Gasteiger partial charge in [0.2, 0.25) is 15.9 Å². The Labute approximate surface area is 197 Å². The highest BCUT2D eigenvalue weighted by Gasteiger charge is 2.19. The number of piperidine rings is 1. The monoisotopic (exact) mass is 473 g/mol. The van der Waals surface area contributed by atoms with Crippen LogP contribution in [0.1, 0.15) is 44.7 Å². The second kappa shape index (κ2) is 11.5. The van der Waals surface area contributed by atoms with Gasteiger partial charge in [-0.1, -0.05) is 31.2 Å². The minimum atomic E-state index is -3.82. The highest BCUT2D eigenvalue weighted by Crippen LogP contribution is 2.20. The van der Waals surface area contributed by atoms with E-state index in [9.17, 15) is 13.2 Å². The topological polar surface area (TPSA) is 87.7 Å². The number of carbonyl (C=O) groups excluding carboxylic acids is 1. The number of nitrogens with zero attached hydrogens (tertiary/aromatic N) is 1. The van der Waals surface area contributed by atoms with E-state index in [0.29, 0.717) is 23.9 Å². The van der Waals surface area contributed by atoms with E-state index in [4.69, 9.17) is 4.74 Å². The van der Waals surface area contributed by atoms with Gasteiger partial charge in [0.05, 0.1) is 6.10 Å². The second-order valence-corrected chi connectivity index (χ2v) is 10.8. The summed E-state index contributed by atoms with van der Waals surface area (Å²) in [5.41, 5.74) is 2.56. The first-order valence-corrected chi connectivity index (χ1v) is 13.2. The number of anilines is 1. The number of sulfonamides is 1. The molecule has 1 fully saturated rings. The zero-order valence-electron chi connectivity index (χ0n) is 19.7. The van der Waals surface area contributed by atoms with Crippen LogP contribution in [0.4, 0.5) is 5.69 Å². The molecular weight excluding hydrogens is 438 g/mol. The molecule has 33 heavy (non-hydrogen) atoms. The molecule has 7 nitrogen and oxygen atoms in total. The van der Waals surface area contributed by atoms with Crippen LogP contribution >= 0.6 is 0 Å².